The zero-order valence-corrected chi connectivity index (χ0v) is 7.23. The largest absolute Gasteiger partial charge is 0.377 e. The molecule has 1 atom stereocenters. The van der Waals surface area contributed by atoms with Crippen molar-refractivity contribution in [1.82, 2.24) is 10.6 Å². The molecule has 0 bridgehead atoms. The molecule has 3 heteroatoms. The van der Waals surface area contributed by atoms with Gasteiger partial charge in [0.05, 0.1) is 6.10 Å². The van der Waals surface area contributed by atoms with E-state index in [4.69, 9.17) is 4.74 Å². The molecular formula is C8H18N2O. The monoisotopic (exact) mass is 158 g/mol. The van der Waals surface area contributed by atoms with Gasteiger partial charge in [0.25, 0.3) is 0 Å². The summed E-state index contributed by atoms with van der Waals surface area (Å²) in [6, 6.07) is 0. The van der Waals surface area contributed by atoms with Crippen LogP contribution in [0.1, 0.15) is 12.8 Å². The second-order valence-electron chi connectivity index (χ2n) is 2.94. The van der Waals surface area contributed by atoms with Crippen LogP contribution in [0.15, 0.2) is 0 Å². The van der Waals surface area contributed by atoms with E-state index in [1.165, 1.54) is 12.8 Å². The van der Waals surface area contributed by atoms with Gasteiger partial charge in [0.15, 0.2) is 0 Å². The van der Waals surface area contributed by atoms with Crippen LogP contribution >= 0.6 is 0 Å². The standard InChI is InChI=1S/C8H18N2O/c1-9-4-5-10-7-8-3-2-6-11-8/h8-10H,2-7H2,1H3/t8-/m0/s1. The lowest BCUT2D eigenvalue weighted by Crippen LogP contribution is -2.31. The first kappa shape index (κ1) is 8.97. The highest BCUT2D eigenvalue weighted by atomic mass is 16.5. The molecule has 0 aromatic rings. The summed E-state index contributed by atoms with van der Waals surface area (Å²) in [5, 5.41) is 6.43. The Kier molecular flexibility index (Phi) is 4.50. The van der Waals surface area contributed by atoms with Crippen LogP contribution < -0.4 is 10.6 Å². The van der Waals surface area contributed by atoms with Gasteiger partial charge < -0.3 is 15.4 Å². The van der Waals surface area contributed by atoms with Crippen molar-refractivity contribution in [2.75, 3.05) is 33.3 Å². The van der Waals surface area contributed by atoms with Gasteiger partial charge in [0.2, 0.25) is 0 Å². The Morgan fingerprint density at radius 2 is 2.36 bits per heavy atom. The van der Waals surface area contributed by atoms with Crippen molar-refractivity contribution < 1.29 is 4.74 Å². The minimum Gasteiger partial charge on any atom is -0.377 e. The molecule has 66 valence electrons. The highest BCUT2D eigenvalue weighted by molar-refractivity contribution is 4.67. The predicted molar refractivity (Wildman–Crippen MR) is 45.8 cm³/mol. The topological polar surface area (TPSA) is 33.3 Å². The van der Waals surface area contributed by atoms with Crippen LogP contribution in [0.2, 0.25) is 0 Å². The molecule has 2 N–H and O–H groups in total. The van der Waals surface area contributed by atoms with Crippen LogP contribution in [0.25, 0.3) is 0 Å². The van der Waals surface area contributed by atoms with Gasteiger partial charge >= 0.3 is 0 Å². The van der Waals surface area contributed by atoms with Crippen molar-refractivity contribution in [2.45, 2.75) is 18.9 Å². The first-order valence-electron chi connectivity index (χ1n) is 4.40. The number of hydrogen-bond donors (Lipinski definition) is 2. The minimum absolute atomic E-state index is 0.479. The van der Waals surface area contributed by atoms with Crippen LogP contribution in [-0.4, -0.2) is 39.4 Å². The fraction of sp³-hybridized carbons (Fsp3) is 1.00. The lowest BCUT2D eigenvalue weighted by atomic mass is 10.2. The average Bonchev–Trinajstić information content (AvgIpc) is 2.50. The molecule has 1 heterocycles. The molecule has 0 saturated carbocycles. The van der Waals surface area contributed by atoms with Gasteiger partial charge in [0, 0.05) is 26.2 Å². The zero-order valence-electron chi connectivity index (χ0n) is 7.23. The number of rotatable bonds is 5. The second kappa shape index (κ2) is 5.52. The van der Waals surface area contributed by atoms with E-state index in [0.29, 0.717) is 6.10 Å². The van der Waals surface area contributed by atoms with Gasteiger partial charge in [-0.25, -0.2) is 0 Å². The maximum absolute atomic E-state index is 5.45. The Bertz CT molecular complexity index is 92.1. The van der Waals surface area contributed by atoms with Gasteiger partial charge in [0.1, 0.15) is 0 Å². The van der Waals surface area contributed by atoms with Crippen molar-refractivity contribution >= 4 is 0 Å². The summed E-state index contributed by atoms with van der Waals surface area (Å²) < 4.78 is 5.45. The summed E-state index contributed by atoms with van der Waals surface area (Å²) >= 11 is 0. The van der Waals surface area contributed by atoms with E-state index in [-0.39, 0.29) is 0 Å². The molecular weight excluding hydrogens is 140 g/mol. The Morgan fingerprint density at radius 3 is 3.00 bits per heavy atom. The Labute approximate surface area is 68.5 Å². The third-order valence-electron chi connectivity index (χ3n) is 1.95. The zero-order chi connectivity index (χ0) is 7.94. The van der Waals surface area contributed by atoms with E-state index in [0.717, 1.165) is 26.2 Å². The minimum atomic E-state index is 0.479. The maximum atomic E-state index is 5.45. The van der Waals surface area contributed by atoms with Crippen LogP contribution in [0.5, 0.6) is 0 Å². The molecule has 0 spiro atoms. The van der Waals surface area contributed by atoms with Gasteiger partial charge in [-0.1, -0.05) is 0 Å². The first-order valence-corrected chi connectivity index (χ1v) is 4.40. The van der Waals surface area contributed by atoms with E-state index in [9.17, 15) is 0 Å². The fourth-order valence-corrected chi connectivity index (χ4v) is 1.28. The van der Waals surface area contributed by atoms with Crippen molar-refractivity contribution in [3.8, 4) is 0 Å². The summed E-state index contributed by atoms with van der Waals surface area (Å²) in [5.41, 5.74) is 0. The quantitative estimate of drug-likeness (QED) is 0.551. The molecule has 11 heavy (non-hydrogen) atoms. The molecule has 0 aromatic heterocycles. The summed E-state index contributed by atoms with van der Waals surface area (Å²) in [5.74, 6) is 0. The van der Waals surface area contributed by atoms with Gasteiger partial charge in [-0.15, -0.1) is 0 Å². The summed E-state index contributed by atoms with van der Waals surface area (Å²) in [7, 11) is 1.97. The van der Waals surface area contributed by atoms with Crippen LogP contribution in [0.3, 0.4) is 0 Å². The van der Waals surface area contributed by atoms with E-state index in [2.05, 4.69) is 10.6 Å². The van der Waals surface area contributed by atoms with Crippen LogP contribution in [0.4, 0.5) is 0 Å². The molecule has 0 amide bonds. The van der Waals surface area contributed by atoms with Gasteiger partial charge in [-0.05, 0) is 19.9 Å². The number of nitrogens with one attached hydrogen (secondary N) is 2. The molecule has 0 aliphatic carbocycles. The third-order valence-corrected chi connectivity index (χ3v) is 1.95. The first-order chi connectivity index (χ1) is 5.43. The number of ether oxygens (including phenoxy) is 1. The molecule has 1 rings (SSSR count). The lowest BCUT2D eigenvalue weighted by Gasteiger charge is -2.09. The van der Waals surface area contributed by atoms with Crippen molar-refractivity contribution in [3.05, 3.63) is 0 Å². The molecule has 3 nitrogen and oxygen atoms in total. The Morgan fingerprint density at radius 1 is 1.45 bits per heavy atom. The smallest absolute Gasteiger partial charge is 0.0700 e. The fourth-order valence-electron chi connectivity index (χ4n) is 1.28. The molecule has 0 radical (unpaired) electrons. The van der Waals surface area contributed by atoms with Crippen LogP contribution in [-0.2, 0) is 4.74 Å². The van der Waals surface area contributed by atoms with Crippen molar-refractivity contribution in [3.63, 3.8) is 0 Å². The summed E-state index contributed by atoms with van der Waals surface area (Å²) in [6.45, 7) is 4.04. The average molecular weight is 158 g/mol. The Hall–Kier alpha value is -0.120. The van der Waals surface area contributed by atoms with Gasteiger partial charge in [-0.2, -0.15) is 0 Å². The summed E-state index contributed by atoms with van der Waals surface area (Å²) in [6.07, 6.45) is 2.94. The normalized spacial score (nSPS) is 24.3. The highest BCUT2D eigenvalue weighted by Crippen LogP contribution is 2.10. The predicted octanol–water partition coefficient (Wildman–Crippen LogP) is -0.0256. The molecule has 1 saturated heterocycles. The third kappa shape index (κ3) is 3.70. The van der Waals surface area contributed by atoms with E-state index < -0.39 is 0 Å². The lowest BCUT2D eigenvalue weighted by molar-refractivity contribution is 0.110. The molecule has 1 aliphatic heterocycles. The summed E-state index contributed by atoms with van der Waals surface area (Å²) in [4.78, 5) is 0. The van der Waals surface area contributed by atoms with E-state index in [1.54, 1.807) is 0 Å². The van der Waals surface area contributed by atoms with E-state index in [1.807, 2.05) is 7.05 Å². The van der Waals surface area contributed by atoms with E-state index >= 15 is 0 Å². The molecule has 1 aliphatic rings. The molecule has 0 unspecified atom stereocenters. The number of likely N-dealkylation sites (N-methyl/N-ethyl adjacent to an activating group) is 1. The SMILES string of the molecule is CNCCNC[C@@H]1CCCO1. The molecule has 1 fully saturated rings. The molecule has 0 aromatic carbocycles. The maximum Gasteiger partial charge on any atom is 0.0700 e. The van der Waals surface area contributed by atoms with Gasteiger partial charge in [-0.3, -0.25) is 0 Å². The second-order valence-corrected chi connectivity index (χ2v) is 2.94. The highest BCUT2D eigenvalue weighted by Gasteiger charge is 2.13. The number of hydrogen-bond acceptors (Lipinski definition) is 3. The van der Waals surface area contributed by atoms with Crippen LogP contribution in [0, 0.1) is 0 Å². The van der Waals surface area contributed by atoms with Crippen molar-refractivity contribution in [1.29, 1.82) is 0 Å². The Balaban J connectivity index is 1.86. The van der Waals surface area contributed by atoms with Crippen molar-refractivity contribution in [2.24, 2.45) is 0 Å².